The molecule has 0 rings (SSSR count). The first kappa shape index (κ1) is 11.0. The van der Waals surface area contributed by atoms with Gasteiger partial charge in [0.05, 0.1) is 6.42 Å². The number of ketones is 3. The summed E-state index contributed by atoms with van der Waals surface area (Å²) in [6, 6.07) is 0. The van der Waals surface area contributed by atoms with Crippen LogP contribution in [0.3, 0.4) is 0 Å². The van der Waals surface area contributed by atoms with Crippen LogP contribution in [0.25, 0.3) is 0 Å². The van der Waals surface area contributed by atoms with Crippen molar-refractivity contribution in [1.29, 1.82) is 0 Å². The Labute approximate surface area is 70.6 Å². The van der Waals surface area contributed by atoms with Crippen molar-refractivity contribution in [2.24, 2.45) is 0 Å². The van der Waals surface area contributed by atoms with Crippen molar-refractivity contribution < 1.29 is 19.5 Å². The molecule has 0 aromatic carbocycles. The Hall–Kier alpha value is -1.03. The van der Waals surface area contributed by atoms with Crippen molar-refractivity contribution in [2.75, 3.05) is 0 Å². The molecule has 0 fully saturated rings. The second-order valence-electron chi connectivity index (χ2n) is 2.75. The minimum atomic E-state index is -1.25. The van der Waals surface area contributed by atoms with Crippen molar-refractivity contribution in [1.82, 2.24) is 0 Å². The van der Waals surface area contributed by atoms with E-state index in [-0.39, 0.29) is 18.6 Å². The highest BCUT2D eigenvalue weighted by atomic mass is 16.3. The minimum absolute atomic E-state index is 0.204. The molecule has 0 aromatic rings. The largest absolute Gasteiger partial charge is 0.385 e. The van der Waals surface area contributed by atoms with Crippen LogP contribution in [-0.4, -0.2) is 28.6 Å². The van der Waals surface area contributed by atoms with Crippen LogP contribution in [0.5, 0.6) is 0 Å². The van der Waals surface area contributed by atoms with Gasteiger partial charge in [0.25, 0.3) is 0 Å². The molecule has 0 aromatic heterocycles. The van der Waals surface area contributed by atoms with Gasteiger partial charge in [-0.15, -0.1) is 0 Å². The molecule has 68 valence electrons. The molecule has 0 heterocycles. The molecule has 0 bridgehead atoms. The molecule has 0 radical (unpaired) electrons. The topological polar surface area (TPSA) is 71.4 Å². The molecule has 12 heavy (non-hydrogen) atoms. The molecule has 1 atom stereocenters. The molecule has 0 saturated carbocycles. The van der Waals surface area contributed by atoms with Crippen molar-refractivity contribution in [2.45, 2.75) is 32.8 Å². The molecule has 4 heteroatoms. The van der Waals surface area contributed by atoms with E-state index in [1.54, 1.807) is 0 Å². The second kappa shape index (κ2) is 4.77. The lowest BCUT2D eigenvalue weighted by molar-refractivity contribution is -0.132. The van der Waals surface area contributed by atoms with Crippen LogP contribution < -0.4 is 0 Å². The van der Waals surface area contributed by atoms with Crippen molar-refractivity contribution in [3.63, 3.8) is 0 Å². The summed E-state index contributed by atoms with van der Waals surface area (Å²) in [5, 5.41) is 8.93. The van der Waals surface area contributed by atoms with Gasteiger partial charge in [-0.05, 0) is 13.8 Å². The fourth-order valence-electron chi connectivity index (χ4n) is 0.709. The molecule has 0 saturated heterocycles. The van der Waals surface area contributed by atoms with Gasteiger partial charge < -0.3 is 5.11 Å². The number of aliphatic hydroxyl groups excluding tert-OH is 1. The number of carbonyl (C=O) groups excluding carboxylic acids is 3. The predicted octanol–water partition coefficient (Wildman–Crippen LogP) is -0.125. The van der Waals surface area contributed by atoms with E-state index < -0.39 is 17.7 Å². The standard InChI is InChI=1S/C8H12O4/c1-5(9)3-7(11)4-8(12)6(2)10/h8,12H,3-4H2,1-2H3. The molecule has 0 aliphatic heterocycles. The van der Waals surface area contributed by atoms with Crippen molar-refractivity contribution >= 4 is 17.3 Å². The maximum atomic E-state index is 10.8. The third-order valence-corrected chi connectivity index (χ3v) is 1.34. The first-order chi connectivity index (χ1) is 5.43. The monoisotopic (exact) mass is 172 g/mol. The van der Waals surface area contributed by atoms with Gasteiger partial charge in [-0.2, -0.15) is 0 Å². The normalized spacial score (nSPS) is 12.2. The van der Waals surface area contributed by atoms with Gasteiger partial charge in [-0.3, -0.25) is 14.4 Å². The lowest BCUT2D eigenvalue weighted by Gasteiger charge is -2.03. The Morgan fingerprint density at radius 2 is 1.75 bits per heavy atom. The van der Waals surface area contributed by atoms with E-state index in [0.717, 1.165) is 0 Å². The zero-order chi connectivity index (χ0) is 9.72. The maximum Gasteiger partial charge on any atom is 0.158 e. The summed E-state index contributed by atoms with van der Waals surface area (Å²) in [5.74, 6) is -1.10. The first-order valence-electron chi connectivity index (χ1n) is 3.63. The number of hydrogen-bond acceptors (Lipinski definition) is 4. The first-order valence-corrected chi connectivity index (χ1v) is 3.63. The third kappa shape index (κ3) is 4.73. The Balaban J connectivity index is 3.85. The van der Waals surface area contributed by atoms with E-state index in [0.29, 0.717) is 0 Å². The van der Waals surface area contributed by atoms with Crippen LogP contribution in [0.1, 0.15) is 26.7 Å². The third-order valence-electron chi connectivity index (χ3n) is 1.34. The SMILES string of the molecule is CC(=O)CC(=O)CC(O)C(C)=O. The Morgan fingerprint density at radius 1 is 1.25 bits per heavy atom. The summed E-state index contributed by atoms with van der Waals surface area (Å²) in [7, 11) is 0. The van der Waals surface area contributed by atoms with Crippen LogP contribution in [0.2, 0.25) is 0 Å². The maximum absolute atomic E-state index is 10.8. The summed E-state index contributed by atoms with van der Waals surface area (Å²) >= 11 is 0. The minimum Gasteiger partial charge on any atom is -0.385 e. The fourth-order valence-corrected chi connectivity index (χ4v) is 0.709. The molecule has 0 spiro atoms. The molecule has 4 nitrogen and oxygen atoms in total. The van der Waals surface area contributed by atoms with E-state index in [4.69, 9.17) is 5.11 Å². The number of hydrogen-bond donors (Lipinski definition) is 1. The highest BCUT2D eigenvalue weighted by molar-refractivity contribution is 5.99. The van der Waals surface area contributed by atoms with Crippen LogP contribution in [0, 0.1) is 0 Å². The number of rotatable bonds is 5. The van der Waals surface area contributed by atoms with Gasteiger partial charge in [0.2, 0.25) is 0 Å². The second-order valence-corrected chi connectivity index (χ2v) is 2.75. The summed E-state index contributed by atoms with van der Waals surface area (Å²) in [6.07, 6.45) is -1.71. The molecule has 0 aliphatic rings. The smallest absolute Gasteiger partial charge is 0.158 e. The Morgan fingerprint density at radius 3 is 2.08 bits per heavy atom. The fraction of sp³-hybridized carbons (Fsp3) is 0.625. The van der Waals surface area contributed by atoms with Gasteiger partial charge in [0, 0.05) is 6.42 Å². The highest BCUT2D eigenvalue weighted by Gasteiger charge is 2.15. The molecule has 0 aliphatic carbocycles. The van der Waals surface area contributed by atoms with E-state index >= 15 is 0 Å². The van der Waals surface area contributed by atoms with Crippen molar-refractivity contribution in [3.8, 4) is 0 Å². The average Bonchev–Trinajstić information content (AvgIpc) is 1.84. The molecule has 0 amide bonds. The number of aliphatic hydroxyl groups is 1. The summed E-state index contributed by atoms with van der Waals surface area (Å²) < 4.78 is 0. The highest BCUT2D eigenvalue weighted by Crippen LogP contribution is 1.98. The predicted molar refractivity (Wildman–Crippen MR) is 41.6 cm³/mol. The van der Waals surface area contributed by atoms with E-state index in [2.05, 4.69) is 0 Å². The van der Waals surface area contributed by atoms with Crippen LogP contribution >= 0.6 is 0 Å². The van der Waals surface area contributed by atoms with Crippen molar-refractivity contribution in [3.05, 3.63) is 0 Å². The van der Waals surface area contributed by atoms with Gasteiger partial charge in [0.1, 0.15) is 17.7 Å². The number of carbonyl (C=O) groups is 3. The Kier molecular flexibility index (Phi) is 4.36. The molecular formula is C8H12O4. The molecule has 1 N–H and O–H groups in total. The van der Waals surface area contributed by atoms with Gasteiger partial charge in [0.15, 0.2) is 5.78 Å². The molecule has 1 unspecified atom stereocenters. The lowest BCUT2D eigenvalue weighted by Crippen LogP contribution is -2.21. The number of Topliss-reactive ketones (excluding diaryl/α,β-unsaturated/α-hetero) is 3. The van der Waals surface area contributed by atoms with Gasteiger partial charge in [-0.1, -0.05) is 0 Å². The van der Waals surface area contributed by atoms with Gasteiger partial charge in [-0.25, -0.2) is 0 Å². The van der Waals surface area contributed by atoms with Crippen LogP contribution in [0.4, 0.5) is 0 Å². The summed E-state index contributed by atoms with van der Waals surface area (Å²) in [5.41, 5.74) is 0. The van der Waals surface area contributed by atoms with Gasteiger partial charge >= 0.3 is 0 Å². The van der Waals surface area contributed by atoms with E-state index in [1.165, 1.54) is 13.8 Å². The summed E-state index contributed by atoms with van der Waals surface area (Å²) in [4.78, 5) is 31.7. The molecular weight excluding hydrogens is 160 g/mol. The Bertz CT molecular complexity index is 207. The zero-order valence-corrected chi connectivity index (χ0v) is 7.16. The zero-order valence-electron chi connectivity index (χ0n) is 7.16. The van der Waals surface area contributed by atoms with E-state index in [1.807, 2.05) is 0 Å². The van der Waals surface area contributed by atoms with E-state index in [9.17, 15) is 14.4 Å². The quantitative estimate of drug-likeness (QED) is 0.586. The van der Waals surface area contributed by atoms with Crippen LogP contribution in [-0.2, 0) is 14.4 Å². The van der Waals surface area contributed by atoms with Crippen LogP contribution in [0.15, 0.2) is 0 Å². The lowest BCUT2D eigenvalue weighted by atomic mass is 10.1. The summed E-state index contributed by atoms with van der Waals surface area (Å²) in [6.45, 7) is 2.49. The average molecular weight is 172 g/mol.